The van der Waals surface area contributed by atoms with Crippen LogP contribution >= 0.6 is 20.1 Å². The van der Waals surface area contributed by atoms with Crippen molar-refractivity contribution in [2.45, 2.75) is 26.7 Å². The second-order valence-electron chi connectivity index (χ2n) is 6.27. The molecule has 1 heterocycles. The van der Waals surface area contributed by atoms with Gasteiger partial charge in [0.25, 0.3) is 0 Å². The number of rotatable bonds is 4. The third-order valence-corrected chi connectivity index (χ3v) is 4.67. The summed E-state index contributed by atoms with van der Waals surface area (Å²) < 4.78 is 0. The quantitative estimate of drug-likeness (QED) is 0.515. The van der Waals surface area contributed by atoms with E-state index in [9.17, 15) is 0 Å². The van der Waals surface area contributed by atoms with Crippen molar-refractivity contribution in [1.29, 1.82) is 0 Å². The van der Waals surface area contributed by atoms with Gasteiger partial charge in [0.2, 0.25) is 0 Å². The number of hydrogen-bond donors (Lipinski definition) is 0. The molecule has 1 aliphatic heterocycles. The van der Waals surface area contributed by atoms with E-state index in [0.29, 0.717) is 5.92 Å². The second kappa shape index (κ2) is 9.67. The van der Waals surface area contributed by atoms with Gasteiger partial charge in [0.1, 0.15) is 0 Å². The van der Waals surface area contributed by atoms with Crippen LogP contribution in [0.15, 0.2) is 72.6 Å². The van der Waals surface area contributed by atoms with Gasteiger partial charge >= 0.3 is 33.5 Å². The Morgan fingerprint density at radius 2 is 1.80 bits per heavy atom. The molecule has 1 N–H and O–H groups in total. The van der Waals surface area contributed by atoms with E-state index in [1.165, 1.54) is 11.1 Å². The van der Waals surface area contributed by atoms with Crippen LogP contribution in [0.4, 0.5) is 0 Å². The van der Waals surface area contributed by atoms with Crippen molar-refractivity contribution in [3.63, 3.8) is 0 Å². The molecule has 0 spiro atoms. The van der Waals surface area contributed by atoms with Gasteiger partial charge in [0, 0.05) is 17.0 Å². The van der Waals surface area contributed by atoms with Crippen LogP contribution in [0.25, 0.3) is 11.4 Å². The van der Waals surface area contributed by atoms with Gasteiger partial charge in [-0.3, -0.25) is 0 Å². The number of allylic oxidation sites excluding steroid dienone is 6. The monoisotopic (exact) mass is 413 g/mol. The van der Waals surface area contributed by atoms with E-state index in [2.05, 4.69) is 68.5 Å². The molecule has 1 aliphatic carbocycles. The molecule has 0 radical (unpaired) electrons. The summed E-state index contributed by atoms with van der Waals surface area (Å²) >= 11 is -0.181. The molecule has 0 amide bonds. The average Bonchev–Trinajstić information content (AvgIpc) is 3.25. The molecule has 0 bridgehead atoms. The topological polar surface area (TPSA) is 27.0 Å². The van der Waals surface area contributed by atoms with Crippen molar-refractivity contribution in [3.05, 3.63) is 84.0 Å². The predicted octanol–water partition coefficient (Wildman–Crippen LogP) is 7.12. The number of hydrogen-bond acceptors (Lipinski definition) is 1. The van der Waals surface area contributed by atoms with Gasteiger partial charge in [0.15, 0.2) is 0 Å². The SMILES string of the molecule is CCCC(=C1N([NH-])C=CC1(C)C1C=CC=C1)c1ccccc1.[Cl][Cr+][Cl]. The second-order valence-corrected chi connectivity index (χ2v) is 8.37. The van der Waals surface area contributed by atoms with Crippen LogP contribution in [0.1, 0.15) is 32.3 Å². The molecule has 3 rings (SSSR count). The zero-order valence-corrected chi connectivity index (χ0v) is 17.2. The summed E-state index contributed by atoms with van der Waals surface area (Å²) in [5, 5.41) is 1.57. The van der Waals surface area contributed by atoms with Gasteiger partial charge in [-0.2, -0.15) is 0 Å². The molecule has 0 fully saturated rings. The Morgan fingerprint density at radius 3 is 2.36 bits per heavy atom. The third kappa shape index (κ3) is 4.61. The van der Waals surface area contributed by atoms with Crippen molar-refractivity contribution >= 4 is 25.7 Å². The summed E-state index contributed by atoms with van der Waals surface area (Å²) in [4.78, 5) is 0. The first-order valence-electron chi connectivity index (χ1n) is 8.31. The summed E-state index contributed by atoms with van der Waals surface area (Å²) in [6.45, 7) is 4.45. The predicted molar refractivity (Wildman–Crippen MR) is 105 cm³/mol. The molecule has 5 heteroatoms. The first-order valence-corrected chi connectivity index (χ1v) is 11.8. The molecule has 1 aromatic rings. The number of nitrogens with zero attached hydrogens (tertiary/aromatic N) is 1. The Bertz CT molecular complexity index is 670. The van der Waals surface area contributed by atoms with E-state index in [-0.39, 0.29) is 18.8 Å². The average molecular weight is 414 g/mol. The van der Waals surface area contributed by atoms with Crippen molar-refractivity contribution in [2.24, 2.45) is 11.3 Å². The van der Waals surface area contributed by atoms with Gasteiger partial charge in [-0.15, -0.1) is 0 Å². The standard InChI is InChI=1S/C20H23N2.2ClH.Cr/c1-3-9-18(16-10-5-4-6-11-16)19-20(2,14-15-22(19)21)17-12-7-8-13-17;;;/h4-8,10-15,17,21H,3,9H2,1-2H3;2*1H;/q-1;;;+3/p-2. The summed E-state index contributed by atoms with van der Waals surface area (Å²) in [7, 11) is 9.65. The van der Waals surface area contributed by atoms with Crippen molar-refractivity contribution in [1.82, 2.24) is 5.01 Å². The van der Waals surface area contributed by atoms with E-state index >= 15 is 0 Å². The van der Waals surface area contributed by atoms with Gasteiger partial charge < -0.3 is 10.9 Å². The zero-order chi connectivity index (χ0) is 18.3. The minimum atomic E-state index is -0.181. The Hall–Kier alpha value is -0.948. The third-order valence-electron chi connectivity index (χ3n) is 4.67. The van der Waals surface area contributed by atoms with Crippen LogP contribution in [0.2, 0.25) is 0 Å². The van der Waals surface area contributed by atoms with Crippen LogP contribution < -0.4 is 0 Å². The maximum absolute atomic E-state index is 8.41. The molecule has 133 valence electrons. The molecular weight excluding hydrogens is 391 g/mol. The van der Waals surface area contributed by atoms with Crippen molar-refractivity contribution in [3.8, 4) is 0 Å². The van der Waals surface area contributed by atoms with Crippen LogP contribution in [0.5, 0.6) is 0 Å². The van der Waals surface area contributed by atoms with E-state index in [1.807, 2.05) is 12.3 Å². The number of halogens is 2. The van der Waals surface area contributed by atoms with Crippen LogP contribution in [0.3, 0.4) is 0 Å². The zero-order valence-electron chi connectivity index (χ0n) is 14.5. The Balaban J connectivity index is 0.000000701. The van der Waals surface area contributed by atoms with E-state index in [1.54, 1.807) is 5.01 Å². The first kappa shape index (κ1) is 20.4. The van der Waals surface area contributed by atoms with Gasteiger partial charge in [-0.05, 0) is 30.7 Å². The maximum atomic E-state index is 8.41. The molecule has 0 aromatic heterocycles. The molecular formula is C20H23Cl2CrN2. The molecule has 1 atom stereocenters. The molecule has 1 aromatic carbocycles. The fraction of sp³-hybridized carbons (Fsp3) is 0.300. The summed E-state index contributed by atoms with van der Waals surface area (Å²) in [6, 6.07) is 10.5. The Morgan fingerprint density at radius 1 is 1.20 bits per heavy atom. The van der Waals surface area contributed by atoms with Crippen molar-refractivity contribution in [2.75, 3.05) is 0 Å². The van der Waals surface area contributed by atoms with Gasteiger partial charge in [-0.1, -0.05) is 74.1 Å². The molecule has 2 nitrogen and oxygen atoms in total. The summed E-state index contributed by atoms with van der Waals surface area (Å²) in [5.74, 6) is 8.73. The van der Waals surface area contributed by atoms with Crippen LogP contribution in [-0.4, -0.2) is 5.01 Å². The molecule has 2 aliphatic rings. The van der Waals surface area contributed by atoms with Crippen LogP contribution in [0, 0.1) is 11.3 Å². The van der Waals surface area contributed by atoms with Crippen LogP contribution in [-0.2, 0) is 13.4 Å². The molecule has 1 unspecified atom stereocenters. The molecule has 0 saturated heterocycles. The fourth-order valence-corrected chi connectivity index (χ4v) is 3.50. The first-order chi connectivity index (χ1) is 12.1. The number of nitrogens with one attached hydrogen (secondary N) is 1. The van der Waals surface area contributed by atoms with Gasteiger partial charge in [0.05, 0.1) is 0 Å². The van der Waals surface area contributed by atoms with Gasteiger partial charge in [-0.25, -0.2) is 0 Å². The normalized spacial score (nSPS) is 23.6. The summed E-state index contributed by atoms with van der Waals surface area (Å²) in [5.41, 5.74) is 3.49. The minimum absolute atomic E-state index is 0.147. The number of benzene rings is 1. The molecule has 0 saturated carbocycles. The Kier molecular flexibility index (Phi) is 7.88. The Labute approximate surface area is 165 Å². The molecule has 25 heavy (non-hydrogen) atoms. The van der Waals surface area contributed by atoms with Crippen molar-refractivity contribution < 1.29 is 13.4 Å². The van der Waals surface area contributed by atoms with E-state index in [4.69, 9.17) is 25.9 Å². The summed E-state index contributed by atoms with van der Waals surface area (Å²) in [6.07, 6.45) is 14.8. The van der Waals surface area contributed by atoms with E-state index < -0.39 is 0 Å². The van der Waals surface area contributed by atoms with E-state index in [0.717, 1.165) is 18.5 Å². The fourth-order valence-electron chi connectivity index (χ4n) is 3.50.